The van der Waals surface area contributed by atoms with Crippen molar-refractivity contribution in [2.24, 2.45) is 0 Å². The van der Waals surface area contributed by atoms with Crippen LogP contribution in [0.4, 0.5) is 0 Å². The SMILES string of the molecule is CCCCCNC.O=P(O)(O)O. The number of rotatable bonds is 4. The number of unbranched alkanes of at least 4 members (excludes halogenated alkanes) is 2. The van der Waals surface area contributed by atoms with Gasteiger partial charge in [-0.2, -0.15) is 0 Å². The smallest absolute Gasteiger partial charge is 0.320 e. The van der Waals surface area contributed by atoms with Gasteiger partial charge in [-0.1, -0.05) is 19.8 Å². The molecule has 0 atom stereocenters. The van der Waals surface area contributed by atoms with Crippen molar-refractivity contribution in [3.8, 4) is 0 Å². The fraction of sp³-hybridized carbons (Fsp3) is 1.00. The lowest BCUT2D eigenvalue weighted by Gasteiger charge is -1.93. The molecule has 12 heavy (non-hydrogen) atoms. The van der Waals surface area contributed by atoms with E-state index < -0.39 is 7.82 Å². The Morgan fingerprint density at radius 3 is 1.92 bits per heavy atom. The minimum Gasteiger partial charge on any atom is -0.320 e. The van der Waals surface area contributed by atoms with Crippen LogP contribution in [0.3, 0.4) is 0 Å². The van der Waals surface area contributed by atoms with Crippen molar-refractivity contribution in [3.63, 3.8) is 0 Å². The van der Waals surface area contributed by atoms with Crippen molar-refractivity contribution in [2.45, 2.75) is 26.2 Å². The van der Waals surface area contributed by atoms with Crippen LogP contribution in [-0.4, -0.2) is 28.3 Å². The van der Waals surface area contributed by atoms with Crippen LogP contribution < -0.4 is 5.32 Å². The van der Waals surface area contributed by atoms with E-state index in [1.54, 1.807) is 0 Å². The van der Waals surface area contributed by atoms with Crippen LogP contribution in [0, 0.1) is 0 Å². The molecule has 0 aliphatic carbocycles. The molecular formula is C6H18NO4P. The Morgan fingerprint density at radius 2 is 1.67 bits per heavy atom. The third-order valence-corrected chi connectivity index (χ3v) is 1.03. The van der Waals surface area contributed by atoms with Crippen molar-refractivity contribution in [3.05, 3.63) is 0 Å². The maximum Gasteiger partial charge on any atom is 0.466 e. The molecule has 0 aromatic heterocycles. The molecule has 0 heterocycles. The summed E-state index contributed by atoms with van der Waals surface area (Å²) in [6.07, 6.45) is 4.01. The molecular weight excluding hydrogens is 181 g/mol. The molecule has 4 N–H and O–H groups in total. The molecule has 0 bridgehead atoms. The molecule has 0 unspecified atom stereocenters. The number of nitrogens with one attached hydrogen (secondary N) is 1. The van der Waals surface area contributed by atoms with E-state index in [4.69, 9.17) is 19.2 Å². The van der Waals surface area contributed by atoms with Crippen LogP contribution >= 0.6 is 7.82 Å². The fourth-order valence-corrected chi connectivity index (χ4v) is 0.552. The van der Waals surface area contributed by atoms with E-state index in [0.29, 0.717) is 0 Å². The van der Waals surface area contributed by atoms with Crippen molar-refractivity contribution in [1.82, 2.24) is 5.32 Å². The lowest BCUT2D eigenvalue weighted by atomic mass is 10.2. The number of hydrogen-bond donors (Lipinski definition) is 4. The van der Waals surface area contributed by atoms with Crippen molar-refractivity contribution in [2.75, 3.05) is 13.6 Å². The summed E-state index contributed by atoms with van der Waals surface area (Å²) >= 11 is 0. The lowest BCUT2D eigenvalue weighted by Crippen LogP contribution is -2.06. The van der Waals surface area contributed by atoms with Gasteiger partial charge in [0.05, 0.1) is 0 Å². The molecule has 0 aliphatic heterocycles. The molecule has 0 aromatic carbocycles. The van der Waals surface area contributed by atoms with Gasteiger partial charge in [-0.25, -0.2) is 4.57 Å². The van der Waals surface area contributed by atoms with E-state index in [0.717, 1.165) is 0 Å². The molecule has 0 rings (SSSR count). The molecule has 5 nitrogen and oxygen atoms in total. The third-order valence-electron chi connectivity index (χ3n) is 1.03. The maximum absolute atomic E-state index is 8.88. The number of hydrogen-bond acceptors (Lipinski definition) is 2. The Balaban J connectivity index is 0. The summed E-state index contributed by atoms with van der Waals surface area (Å²) in [6, 6.07) is 0. The first-order valence-electron chi connectivity index (χ1n) is 3.84. The van der Waals surface area contributed by atoms with Gasteiger partial charge in [-0.05, 0) is 20.0 Å². The quantitative estimate of drug-likeness (QED) is 0.390. The van der Waals surface area contributed by atoms with E-state index in [1.807, 2.05) is 7.05 Å². The first kappa shape index (κ1) is 14.6. The first-order valence-corrected chi connectivity index (χ1v) is 5.41. The summed E-state index contributed by atoms with van der Waals surface area (Å²) in [6.45, 7) is 3.39. The normalized spacial score (nSPS) is 10.4. The second-order valence-corrected chi connectivity index (χ2v) is 3.35. The standard InChI is InChI=1S/C6H15N.H3O4P/c1-3-4-5-6-7-2;1-5(2,3)4/h7H,3-6H2,1-2H3;(H3,1,2,3,4). The van der Waals surface area contributed by atoms with Gasteiger partial charge in [0.15, 0.2) is 0 Å². The molecule has 0 fully saturated rings. The molecule has 0 amide bonds. The van der Waals surface area contributed by atoms with Crippen LogP contribution in [0.25, 0.3) is 0 Å². The van der Waals surface area contributed by atoms with E-state index in [1.165, 1.54) is 25.8 Å². The van der Waals surface area contributed by atoms with Gasteiger partial charge < -0.3 is 20.0 Å². The highest BCUT2D eigenvalue weighted by Crippen LogP contribution is 2.25. The Hall–Kier alpha value is 0.0700. The molecule has 0 aliphatic rings. The lowest BCUT2D eigenvalue weighted by molar-refractivity contribution is 0.275. The molecule has 0 spiro atoms. The largest absolute Gasteiger partial charge is 0.466 e. The van der Waals surface area contributed by atoms with Gasteiger partial charge in [-0.3, -0.25) is 0 Å². The van der Waals surface area contributed by atoms with Crippen LogP contribution in [0.1, 0.15) is 26.2 Å². The van der Waals surface area contributed by atoms with Crippen molar-refractivity contribution < 1.29 is 19.2 Å². The summed E-state index contributed by atoms with van der Waals surface area (Å²) in [7, 11) is -2.64. The van der Waals surface area contributed by atoms with Gasteiger partial charge in [0.25, 0.3) is 0 Å². The average molecular weight is 199 g/mol. The van der Waals surface area contributed by atoms with Crippen molar-refractivity contribution in [1.29, 1.82) is 0 Å². The van der Waals surface area contributed by atoms with Gasteiger partial charge in [-0.15, -0.1) is 0 Å². The Kier molecular flexibility index (Phi) is 11.1. The van der Waals surface area contributed by atoms with Crippen LogP contribution in [0.5, 0.6) is 0 Å². The molecule has 0 saturated carbocycles. The first-order chi connectivity index (χ1) is 5.41. The van der Waals surface area contributed by atoms with Gasteiger partial charge in [0.1, 0.15) is 0 Å². The molecule has 0 aromatic rings. The minimum absolute atomic E-state index is 1.17. The van der Waals surface area contributed by atoms with E-state index in [-0.39, 0.29) is 0 Å². The monoisotopic (exact) mass is 199 g/mol. The van der Waals surface area contributed by atoms with E-state index in [2.05, 4.69) is 12.2 Å². The zero-order valence-corrected chi connectivity index (χ0v) is 8.42. The second kappa shape index (κ2) is 9.16. The molecule has 76 valence electrons. The van der Waals surface area contributed by atoms with Gasteiger partial charge in [0, 0.05) is 0 Å². The summed E-state index contributed by atoms with van der Waals surface area (Å²) in [5.74, 6) is 0. The summed E-state index contributed by atoms with van der Waals surface area (Å²) < 4.78 is 8.88. The fourth-order valence-electron chi connectivity index (χ4n) is 0.552. The predicted molar refractivity (Wildman–Crippen MR) is 47.7 cm³/mol. The molecule has 0 radical (unpaired) electrons. The third kappa shape index (κ3) is 50.0. The van der Waals surface area contributed by atoms with Gasteiger partial charge in [0.2, 0.25) is 0 Å². The van der Waals surface area contributed by atoms with Crippen LogP contribution in [-0.2, 0) is 4.57 Å². The van der Waals surface area contributed by atoms with Crippen LogP contribution in [0.2, 0.25) is 0 Å². The van der Waals surface area contributed by atoms with Crippen LogP contribution in [0.15, 0.2) is 0 Å². The van der Waals surface area contributed by atoms with E-state index >= 15 is 0 Å². The van der Waals surface area contributed by atoms with Crippen molar-refractivity contribution >= 4 is 7.82 Å². The maximum atomic E-state index is 8.88. The Labute approximate surface area is 73.1 Å². The summed E-state index contributed by atoms with van der Waals surface area (Å²) in [5.41, 5.74) is 0. The summed E-state index contributed by atoms with van der Waals surface area (Å²) in [5, 5.41) is 3.10. The van der Waals surface area contributed by atoms with E-state index in [9.17, 15) is 0 Å². The Morgan fingerprint density at radius 1 is 1.25 bits per heavy atom. The highest BCUT2D eigenvalue weighted by Gasteiger charge is 2.00. The topological polar surface area (TPSA) is 89.8 Å². The summed E-state index contributed by atoms with van der Waals surface area (Å²) in [4.78, 5) is 21.6. The highest BCUT2D eigenvalue weighted by molar-refractivity contribution is 7.45. The van der Waals surface area contributed by atoms with Gasteiger partial charge >= 0.3 is 7.82 Å². The number of phosphoric acid groups is 1. The molecule has 0 saturated heterocycles. The Bertz CT molecular complexity index is 112. The highest BCUT2D eigenvalue weighted by atomic mass is 31.2. The average Bonchev–Trinajstić information content (AvgIpc) is 1.85. The second-order valence-electron chi connectivity index (χ2n) is 2.32. The zero-order chi connectivity index (χ0) is 10.0. The minimum atomic E-state index is -4.64. The zero-order valence-electron chi connectivity index (χ0n) is 7.53. The molecule has 6 heteroatoms. The predicted octanol–water partition coefficient (Wildman–Crippen LogP) is 0.467.